The molecular formula is C19H30O2S. The first-order chi connectivity index (χ1) is 10.3. The van der Waals surface area contributed by atoms with Crippen molar-refractivity contribution >= 4 is 17.7 Å². The first-order valence-corrected chi connectivity index (χ1v) is 8.91. The molecule has 0 radical (unpaired) electrons. The highest BCUT2D eigenvalue weighted by Crippen LogP contribution is 2.13. The predicted octanol–water partition coefficient (Wildman–Crippen LogP) is 5.78. The van der Waals surface area contributed by atoms with Crippen molar-refractivity contribution in [1.82, 2.24) is 0 Å². The van der Waals surface area contributed by atoms with E-state index in [1.165, 1.54) is 16.7 Å². The molecule has 1 N–H and O–H groups in total. The lowest BCUT2D eigenvalue weighted by Crippen LogP contribution is -2.01. The highest BCUT2D eigenvalue weighted by molar-refractivity contribution is 7.99. The van der Waals surface area contributed by atoms with Crippen LogP contribution in [0.1, 0.15) is 53.4 Å². The van der Waals surface area contributed by atoms with Gasteiger partial charge in [0.05, 0.1) is 0 Å². The average molecular weight is 323 g/mol. The molecule has 0 saturated heterocycles. The Kier molecular flexibility index (Phi) is 11.7. The summed E-state index contributed by atoms with van der Waals surface area (Å²) < 4.78 is 0. The van der Waals surface area contributed by atoms with Gasteiger partial charge in [-0.2, -0.15) is 11.8 Å². The lowest BCUT2D eigenvalue weighted by molar-refractivity contribution is -0.132. The SMILES string of the molecule is C=C(CSCC=C(C)CCC=C(C)CCC=C(C)C)C(=O)O. The first-order valence-electron chi connectivity index (χ1n) is 7.76. The number of allylic oxidation sites excluding steroid dienone is 5. The molecule has 0 aliphatic carbocycles. The zero-order valence-electron chi connectivity index (χ0n) is 14.4. The van der Waals surface area contributed by atoms with Crippen molar-refractivity contribution in [3.05, 3.63) is 47.1 Å². The van der Waals surface area contributed by atoms with Crippen LogP contribution >= 0.6 is 11.8 Å². The van der Waals surface area contributed by atoms with Gasteiger partial charge in [0.1, 0.15) is 0 Å². The van der Waals surface area contributed by atoms with Crippen LogP contribution < -0.4 is 0 Å². The van der Waals surface area contributed by atoms with Crippen molar-refractivity contribution in [3.8, 4) is 0 Å². The van der Waals surface area contributed by atoms with Crippen LogP contribution in [-0.2, 0) is 4.79 Å². The molecule has 0 aromatic rings. The maximum atomic E-state index is 10.6. The van der Waals surface area contributed by atoms with E-state index in [9.17, 15) is 4.79 Å². The van der Waals surface area contributed by atoms with E-state index in [-0.39, 0.29) is 5.57 Å². The fraction of sp³-hybridized carbons (Fsp3) is 0.526. The van der Waals surface area contributed by atoms with Crippen LogP contribution in [0.5, 0.6) is 0 Å². The zero-order valence-corrected chi connectivity index (χ0v) is 15.3. The quantitative estimate of drug-likeness (QED) is 0.297. The minimum absolute atomic E-state index is 0.269. The molecule has 0 heterocycles. The van der Waals surface area contributed by atoms with Crippen molar-refractivity contribution in [2.45, 2.75) is 53.4 Å². The number of carboxylic acids is 1. The van der Waals surface area contributed by atoms with Gasteiger partial charge in [-0.15, -0.1) is 0 Å². The molecule has 2 nitrogen and oxygen atoms in total. The highest BCUT2D eigenvalue weighted by Gasteiger charge is 2.02. The number of rotatable bonds is 11. The molecule has 0 unspecified atom stereocenters. The second-order valence-electron chi connectivity index (χ2n) is 5.88. The maximum Gasteiger partial charge on any atom is 0.331 e. The fourth-order valence-corrected chi connectivity index (χ4v) is 2.67. The van der Waals surface area contributed by atoms with E-state index in [1.54, 1.807) is 11.8 Å². The second-order valence-corrected chi connectivity index (χ2v) is 6.91. The lowest BCUT2D eigenvalue weighted by atomic mass is 10.1. The first kappa shape index (κ1) is 20.8. The molecule has 3 heteroatoms. The summed E-state index contributed by atoms with van der Waals surface area (Å²) in [6.07, 6.45) is 11.2. The summed E-state index contributed by atoms with van der Waals surface area (Å²) in [7, 11) is 0. The van der Waals surface area contributed by atoms with E-state index in [0.717, 1.165) is 31.4 Å². The molecule has 0 aromatic heterocycles. The Hall–Kier alpha value is -1.22. The number of carboxylic acid groups (broad SMARTS) is 1. The molecular weight excluding hydrogens is 292 g/mol. The van der Waals surface area contributed by atoms with Gasteiger partial charge < -0.3 is 5.11 Å². The molecule has 0 bridgehead atoms. The zero-order chi connectivity index (χ0) is 17.0. The number of hydrogen-bond acceptors (Lipinski definition) is 2. The molecule has 0 amide bonds. The van der Waals surface area contributed by atoms with Crippen LogP contribution in [0.4, 0.5) is 0 Å². The van der Waals surface area contributed by atoms with Gasteiger partial charge in [0.2, 0.25) is 0 Å². The molecule has 0 aliphatic rings. The van der Waals surface area contributed by atoms with Gasteiger partial charge >= 0.3 is 5.97 Å². The lowest BCUT2D eigenvalue weighted by Gasteiger charge is -2.02. The molecule has 22 heavy (non-hydrogen) atoms. The van der Waals surface area contributed by atoms with Crippen LogP contribution in [0.15, 0.2) is 47.1 Å². The van der Waals surface area contributed by atoms with Crippen molar-refractivity contribution in [2.75, 3.05) is 11.5 Å². The Morgan fingerprint density at radius 2 is 1.55 bits per heavy atom. The maximum absolute atomic E-state index is 10.6. The minimum Gasteiger partial charge on any atom is -0.478 e. The van der Waals surface area contributed by atoms with Crippen molar-refractivity contribution in [3.63, 3.8) is 0 Å². The van der Waals surface area contributed by atoms with Crippen LogP contribution in [0.2, 0.25) is 0 Å². The molecule has 0 rings (SSSR count). The number of carbonyl (C=O) groups is 1. The third-order valence-electron chi connectivity index (χ3n) is 3.25. The molecule has 0 atom stereocenters. The van der Waals surface area contributed by atoms with Gasteiger partial charge in [-0.05, 0) is 53.4 Å². The van der Waals surface area contributed by atoms with Crippen LogP contribution in [0.25, 0.3) is 0 Å². The molecule has 0 saturated carbocycles. The molecule has 124 valence electrons. The summed E-state index contributed by atoms with van der Waals surface area (Å²) >= 11 is 1.59. The normalized spacial score (nSPS) is 12.2. The standard InChI is InChI=1S/C19H30O2S/c1-15(2)8-6-9-16(3)10-7-11-17(4)12-13-22-14-18(5)19(20)21/h8,10,12H,5-7,9,11,13-14H2,1-4H3,(H,20,21). The van der Waals surface area contributed by atoms with Crippen molar-refractivity contribution in [1.29, 1.82) is 0 Å². The molecule has 0 aromatic carbocycles. The largest absolute Gasteiger partial charge is 0.478 e. The van der Waals surface area contributed by atoms with Gasteiger partial charge in [0.25, 0.3) is 0 Å². The number of thioether (sulfide) groups is 1. The minimum atomic E-state index is -0.901. The van der Waals surface area contributed by atoms with Gasteiger partial charge in [0, 0.05) is 17.1 Å². The molecule has 0 aliphatic heterocycles. The topological polar surface area (TPSA) is 37.3 Å². The van der Waals surface area contributed by atoms with Gasteiger partial charge in [-0.1, -0.05) is 41.5 Å². The smallest absolute Gasteiger partial charge is 0.331 e. The summed E-state index contributed by atoms with van der Waals surface area (Å²) in [4.78, 5) is 10.6. The third kappa shape index (κ3) is 12.5. The Labute approximate surface area is 140 Å². The summed E-state index contributed by atoms with van der Waals surface area (Å²) in [5, 5.41) is 8.71. The second kappa shape index (κ2) is 12.3. The average Bonchev–Trinajstić information content (AvgIpc) is 2.42. The van der Waals surface area contributed by atoms with E-state index in [0.29, 0.717) is 5.75 Å². The van der Waals surface area contributed by atoms with Crippen molar-refractivity contribution < 1.29 is 9.90 Å². The fourth-order valence-electron chi connectivity index (χ4n) is 1.78. The van der Waals surface area contributed by atoms with Gasteiger partial charge in [-0.3, -0.25) is 0 Å². The molecule has 0 spiro atoms. The van der Waals surface area contributed by atoms with Crippen LogP contribution in [0, 0.1) is 0 Å². The van der Waals surface area contributed by atoms with E-state index < -0.39 is 5.97 Å². The predicted molar refractivity (Wildman–Crippen MR) is 99.5 cm³/mol. The van der Waals surface area contributed by atoms with Gasteiger partial charge in [0.15, 0.2) is 0 Å². The summed E-state index contributed by atoms with van der Waals surface area (Å²) in [6, 6.07) is 0. The third-order valence-corrected chi connectivity index (χ3v) is 4.21. The summed E-state index contributed by atoms with van der Waals surface area (Å²) in [5.41, 5.74) is 4.47. The van der Waals surface area contributed by atoms with Gasteiger partial charge in [-0.25, -0.2) is 4.79 Å². The monoisotopic (exact) mass is 322 g/mol. The summed E-state index contributed by atoms with van der Waals surface area (Å²) in [6.45, 7) is 12.1. The van der Waals surface area contributed by atoms with E-state index >= 15 is 0 Å². The van der Waals surface area contributed by atoms with E-state index in [1.807, 2.05) is 0 Å². The molecule has 0 fully saturated rings. The summed E-state index contributed by atoms with van der Waals surface area (Å²) in [5.74, 6) is 0.436. The highest BCUT2D eigenvalue weighted by atomic mass is 32.2. The Morgan fingerprint density at radius 3 is 2.09 bits per heavy atom. The Balaban J connectivity index is 3.89. The number of aliphatic carboxylic acids is 1. The van der Waals surface area contributed by atoms with Crippen LogP contribution in [-0.4, -0.2) is 22.6 Å². The van der Waals surface area contributed by atoms with E-state index in [4.69, 9.17) is 5.11 Å². The Bertz CT molecular complexity index is 452. The Morgan fingerprint density at radius 1 is 1.00 bits per heavy atom. The van der Waals surface area contributed by atoms with Crippen LogP contribution in [0.3, 0.4) is 0 Å². The number of hydrogen-bond donors (Lipinski definition) is 1. The van der Waals surface area contributed by atoms with E-state index in [2.05, 4.69) is 52.5 Å². The van der Waals surface area contributed by atoms with Crippen molar-refractivity contribution in [2.24, 2.45) is 0 Å².